The molecule has 1 aliphatic carbocycles. The van der Waals surface area contributed by atoms with Gasteiger partial charge >= 0.3 is 5.97 Å². The first-order chi connectivity index (χ1) is 12.3. The van der Waals surface area contributed by atoms with Gasteiger partial charge in [0.2, 0.25) is 0 Å². The molecule has 1 aromatic rings. The molecule has 0 saturated heterocycles. The quantitative estimate of drug-likeness (QED) is 0.441. The molecule has 0 unspecified atom stereocenters. The molecule has 0 N–H and O–H groups in total. The Morgan fingerprint density at radius 2 is 2.04 bits per heavy atom. The minimum Gasteiger partial charge on any atom is -0.452 e. The van der Waals surface area contributed by atoms with Crippen LogP contribution in [0.25, 0.3) is 0 Å². The maximum Gasteiger partial charge on any atom is 0.338 e. The van der Waals surface area contributed by atoms with Crippen molar-refractivity contribution in [1.82, 2.24) is 4.90 Å². The van der Waals surface area contributed by atoms with Gasteiger partial charge in [-0.1, -0.05) is 30.9 Å². The first-order valence-electron chi connectivity index (χ1n) is 8.10. The Kier molecular flexibility index (Phi) is 6.16. The number of hydrogen-bond donors (Lipinski definition) is 0. The molecule has 0 bridgehead atoms. The minimum atomic E-state index is -0.874. The molecule has 0 radical (unpaired) electrons. The van der Waals surface area contributed by atoms with Gasteiger partial charge in [0.1, 0.15) is 10.6 Å². The van der Waals surface area contributed by atoms with Crippen LogP contribution in [0.5, 0.6) is 0 Å². The van der Waals surface area contributed by atoms with Gasteiger partial charge in [-0.05, 0) is 25.0 Å². The largest absolute Gasteiger partial charge is 0.452 e. The van der Waals surface area contributed by atoms with Crippen molar-refractivity contribution in [2.45, 2.75) is 37.6 Å². The fraction of sp³-hybridized carbons (Fsp3) is 0.471. The number of nitro groups is 1. The predicted molar refractivity (Wildman–Crippen MR) is 92.6 cm³/mol. The molecule has 0 aliphatic heterocycles. The minimum absolute atomic E-state index is 0.0794. The first-order valence-corrected chi connectivity index (χ1v) is 8.47. The van der Waals surface area contributed by atoms with E-state index in [1.807, 2.05) is 0 Å². The number of nitriles is 1. The van der Waals surface area contributed by atoms with E-state index in [2.05, 4.69) is 6.07 Å². The average molecular weight is 380 g/mol. The molecule has 9 heteroatoms. The molecule has 1 amide bonds. The van der Waals surface area contributed by atoms with E-state index < -0.39 is 34.6 Å². The molecule has 0 atom stereocenters. The van der Waals surface area contributed by atoms with E-state index in [0.29, 0.717) is 12.8 Å². The number of nitrogens with zero attached hydrogens (tertiary/aromatic N) is 3. The SMILES string of the molecule is CN(C(=O)COC(=O)c1ccc(Cl)c([N+](=O)[O-])c1)C1(C#N)CCCCC1. The van der Waals surface area contributed by atoms with Crippen LogP contribution >= 0.6 is 11.6 Å². The van der Waals surface area contributed by atoms with Crippen LogP contribution in [0.4, 0.5) is 5.69 Å². The molecule has 8 nitrogen and oxygen atoms in total. The second-order valence-electron chi connectivity index (χ2n) is 6.16. The van der Waals surface area contributed by atoms with Gasteiger partial charge in [0, 0.05) is 13.1 Å². The molecule has 26 heavy (non-hydrogen) atoms. The summed E-state index contributed by atoms with van der Waals surface area (Å²) in [6.45, 7) is -0.546. The van der Waals surface area contributed by atoms with Gasteiger partial charge in [-0.2, -0.15) is 5.26 Å². The van der Waals surface area contributed by atoms with Crippen LogP contribution in [0.15, 0.2) is 18.2 Å². The monoisotopic (exact) mass is 379 g/mol. The maximum absolute atomic E-state index is 12.3. The Balaban J connectivity index is 2.03. The number of nitro benzene ring substituents is 1. The molecular weight excluding hydrogens is 362 g/mol. The van der Waals surface area contributed by atoms with E-state index in [4.69, 9.17) is 16.3 Å². The zero-order valence-electron chi connectivity index (χ0n) is 14.2. The molecule has 138 valence electrons. The van der Waals surface area contributed by atoms with Crippen molar-refractivity contribution in [1.29, 1.82) is 5.26 Å². The Morgan fingerprint density at radius 3 is 2.62 bits per heavy atom. The van der Waals surface area contributed by atoms with Gasteiger partial charge in [0.15, 0.2) is 6.61 Å². The number of amides is 1. The molecule has 0 heterocycles. The Bertz CT molecular complexity index is 768. The molecule has 1 fully saturated rings. The number of benzene rings is 1. The molecule has 0 spiro atoms. The number of ether oxygens (including phenoxy) is 1. The zero-order chi connectivity index (χ0) is 19.3. The van der Waals surface area contributed by atoms with E-state index in [-0.39, 0.29) is 10.6 Å². The van der Waals surface area contributed by atoms with Crippen molar-refractivity contribution in [2.24, 2.45) is 0 Å². The zero-order valence-corrected chi connectivity index (χ0v) is 15.0. The summed E-state index contributed by atoms with van der Waals surface area (Å²) in [6.07, 6.45) is 3.92. The summed E-state index contributed by atoms with van der Waals surface area (Å²) in [5, 5.41) is 20.3. The van der Waals surface area contributed by atoms with Crippen LogP contribution in [0.2, 0.25) is 5.02 Å². The number of carbonyl (C=O) groups is 2. The predicted octanol–water partition coefficient (Wildman–Crippen LogP) is 3.09. The number of esters is 1. The third kappa shape index (κ3) is 4.11. The highest BCUT2D eigenvalue weighted by Gasteiger charge is 2.39. The van der Waals surface area contributed by atoms with E-state index in [1.165, 1.54) is 24.1 Å². The molecule has 0 aromatic heterocycles. The Morgan fingerprint density at radius 1 is 1.38 bits per heavy atom. The van der Waals surface area contributed by atoms with Crippen molar-refractivity contribution in [3.8, 4) is 6.07 Å². The fourth-order valence-corrected chi connectivity index (χ4v) is 3.17. The van der Waals surface area contributed by atoms with Gasteiger partial charge < -0.3 is 9.64 Å². The molecular formula is C17H18ClN3O5. The third-order valence-corrected chi connectivity index (χ3v) is 4.93. The van der Waals surface area contributed by atoms with Crippen LogP contribution in [0.3, 0.4) is 0 Å². The number of likely N-dealkylation sites (N-methyl/N-ethyl adjacent to an activating group) is 1. The van der Waals surface area contributed by atoms with E-state index >= 15 is 0 Å². The van der Waals surface area contributed by atoms with Crippen LogP contribution in [0, 0.1) is 21.4 Å². The Labute approximate surface area is 155 Å². The molecule has 1 aromatic carbocycles. The first kappa shape index (κ1) is 19.7. The van der Waals surface area contributed by atoms with Crippen LogP contribution in [-0.4, -0.2) is 40.9 Å². The van der Waals surface area contributed by atoms with Gasteiger partial charge in [0.05, 0.1) is 16.6 Å². The standard InChI is InChI=1S/C17H18ClN3O5/c1-20(17(11-19)7-3-2-4-8-17)15(22)10-26-16(23)12-5-6-13(18)14(9-12)21(24)25/h5-6,9H,2-4,7-8,10H2,1H3. The van der Waals surface area contributed by atoms with Crippen molar-refractivity contribution >= 4 is 29.2 Å². The summed E-state index contributed by atoms with van der Waals surface area (Å²) < 4.78 is 4.96. The summed E-state index contributed by atoms with van der Waals surface area (Å²) in [5.41, 5.74) is -1.37. The van der Waals surface area contributed by atoms with Gasteiger partial charge in [-0.15, -0.1) is 0 Å². The summed E-state index contributed by atoms with van der Waals surface area (Å²) in [5.74, 6) is -1.37. The number of carbonyl (C=O) groups excluding carboxylic acids is 2. The molecule has 2 rings (SSSR count). The van der Waals surface area contributed by atoms with Crippen molar-refractivity contribution in [3.63, 3.8) is 0 Å². The average Bonchev–Trinajstić information content (AvgIpc) is 2.65. The van der Waals surface area contributed by atoms with Crippen LogP contribution in [-0.2, 0) is 9.53 Å². The number of rotatable bonds is 5. The van der Waals surface area contributed by atoms with E-state index in [0.717, 1.165) is 25.3 Å². The normalized spacial score (nSPS) is 15.6. The topological polar surface area (TPSA) is 114 Å². The summed E-state index contributed by atoms with van der Waals surface area (Å²) in [6, 6.07) is 5.72. The van der Waals surface area contributed by atoms with Crippen molar-refractivity contribution < 1.29 is 19.2 Å². The maximum atomic E-state index is 12.3. The second kappa shape index (κ2) is 8.15. The van der Waals surface area contributed by atoms with Gasteiger partial charge in [-0.25, -0.2) is 4.79 Å². The highest BCUT2D eigenvalue weighted by molar-refractivity contribution is 6.32. The summed E-state index contributed by atoms with van der Waals surface area (Å²) in [4.78, 5) is 35.9. The molecule has 1 aliphatic rings. The fourth-order valence-electron chi connectivity index (χ4n) is 2.98. The summed E-state index contributed by atoms with van der Waals surface area (Å²) in [7, 11) is 1.53. The van der Waals surface area contributed by atoms with Crippen molar-refractivity contribution in [2.75, 3.05) is 13.7 Å². The highest BCUT2D eigenvalue weighted by atomic mass is 35.5. The summed E-state index contributed by atoms with van der Waals surface area (Å²) >= 11 is 5.70. The molecule has 1 saturated carbocycles. The van der Waals surface area contributed by atoms with Crippen molar-refractivity contribution in [3.05, 3.63) is 38.9 Å². The van der Waals surface area contributed by atoms with E-state index in [9.17, 15) is 25.0 Å². The highest BCUT2D eigenvalue weighted by Crippen LogP contribution is 2.32. The lowest BCUT2D eigenvalue weighted by Crippen LogP contribution is -2.51. The van der Waals surface area contributed by atoms with Gasteiger partial charge in [0.25, 0.3) is 11.6 Å². The smallest absolute Gasteiger partial charge is 0.338 e. The van der Waals surface area contributed by atoms with Gasteiger partial charge in [-0.3, -0.25) is 14.9 Å². The van der Waals surface area contributed by atoms with Crippen LogP contribution < -0.4 is 0 Å². The number of halogens is 1. The number of hydrogen-bond acceptors (Lipinski definition) is 6. The second-order valence-corrected chi connectivity index (χ2v) is 6.56. The lowest BCUT2D eigenvalue weighted by atomic mass is 9.81. The third-order valence-electron chi connectivity index (χ3n) is 4.61. The van der Waals surface area contributed by atoms with Crippen LogP contribution in [0.1, 0.15) is 42.5 Å². The Hall–Kier alpha value is -2.66. The van der Waals surface area contributed by atoms with E-state index in [1.54, 1.807) is 0 Å². The lowest BCUT2D eigenvalue weighted by Gasteiger charge is -2.38. The lowest BCUT2D eigenvalue weighted by molar-refractivity contribution is -0.384.